The summed E-state index contributed by atoms with van der Waals surface area (Å²) in [5.74, 6) is -1.57. The third-order valence-corrected chi connectivity index (χ3v) is 20.4. The van der Waals surface area contributed by atoms with Crippen LogP contribution >= 0.6 is 7.82 Å². The number of carbonyl (C=O) groups excluding carboxylic acids is 3. The first-order chi connectivity index (χ1) is 48.7. The Morgan fingerprint density at radius 3 is 1.31 bits per heavy atom. The van der Waals surface area contributed by atoms with E-state index in [1.807, 2.05) is 6.08 Å². The van der Waals surface area contributed by atoms with Crippen LogP contribution in [0.25, 0.3) is 0 Å². The van der Waals surface area contributed by atoms with Crippen LogP contribution in [-0.2, 0) is 61.2 Å². The predicted octanol–water partition coefficient (Wildman–Crippen LogP) is 11.3. The lowest BCUT2D eigenvalue weighted by molar-refractivity contribution is -0.360. The minimum Gasteiger partial charge on any atom is -0.463 e. The minimum atomic E-state index is -5.72. The molecule has 11 N–H and O–H groups in total. The van der Waals surface area contributed by atoms with Gasteiger partial charge in [0.15, 0.2) is 18.7 Å². The molecule has 19 atom stereocenters. The van der Waals surface area contributed by atoms with Crippen LogP contribution in [0, 0.1) is 5.92 Å². The molecular weight excluding hydrogens is 1330 g/mol. The Kier molecular flexibility index (Phi) is 51.6. The van der Waals surface area contributed by atoms with Crippen LogP contribution in [0.1, 0.15) is 291 Å². The summed E-state index contributed by atoms with van der Waals surface area (Å²) in [4.78, 5) is 51.0. The van der Waals surface area contributed by atoms with E-state index in [1.54, 1.807) is 6.08 Å². The standard InChI is InChI=1S/C76H137O24P/c1-5-8-11-14-17-19-21-23-25-27-29-31-33-39-44-49-60(78)92-53-57(95-62(80)51-46-41-36-35-38-43-48-56(4)47-42-37-16-13-10-7-3)54-94-101(90,91)100-74-72(98-75-70(88)65(83)63(81)58(52-77)96-75)68(86)67(85)69(87)73(74)99-76-71(89)66(84)64(82)59(97-76)55-93-61(79)50-45-40-34-32-30-28-26-24-22-20-18-15-12-9-6-2/h20,22,33,39,44,49,56-59,63-77,81-89H,5-19,21,23-32,34-38,40-43,45-48,50-55H2,1-4H3,(H,90,91)/b22-20-,39-33+,49-44+. The Morgan fingerprint density at radius 2 is 0.832 bits per heavy atom. The van der Waals surface area contributed by atoms with Crippen LogP contribution in [0.5, 0.6) is 0 Å². The SMILES string of the molecule is CCCCCC/C=C\CCCCCCCCCC(=O)OCC1OC(OC2C(O)C(O)C(O)C(OC3OC(CO)C(O)C(O)C3O)C2OP(=O)(O)OCC(COC(=O)/C=C/C=C/CCCCCCCCCCCCC)OC(=O)CCCCCCCCC(C)CCCCCCCC)C(O)C(O)C1O. The first-order valence-corrected chi connectivity index (χ1v) is 40.7. The Balaban J connectivity index is 1.75. The molecule has 0 spiro atoms. The highest BCUT2D eigenvalue weighted by molar-refractivity contribution is 7.47. The number of hydrogen-bond acceptors (Lipinski definition) is 23. The number of allylic oxidation sites excluding steroid dienone is 5. The van der Waals surface area contributed by atoms with Crippen molar-refractivity contribution >= 4 is 25.7 Å². The highest BCUT2D eigenvalue weighted by atomic mass is 31.2. The molecule has 1 saturated carbocycles. The number of ether oxygens (including phenoxy) is 7. The van der Waals surface area contributed by atoms with E-state index in [-0.39, 0.29) is 12.8 Å². The number of aliphatic hydroxyl groups is 10. The Bertz CT molecular complexity index is 2240. The Morgan fingerprint density at radius 1 is 0.436 bits per heavy atom. The molecular formula is C76H137O24P. The first kappa shape index (κ1) is 92.4. The van der Waals surface area contributed by atoms with Gasteiger partial charge < -0.3 is 89.1 Å². The summed E-state index contributed by atoms with van der Waals surface area (Å²) in [7, 11) is -5.72. The van der Waals surface area contributed by atoms with Gasteiger partial charge in [0.05, 0.1) is 13.2 Å². The second kappa shape index (κ2) is 56.5. The maximum absolute atomic E-state index is 14.4. The van der Waals surface area contributed by atoms with Crippen molar-refractivity contribution in [1.82, 2.24) is 0 Å². The van der Waals surface area contributed by atoms with Crippen molar-refractivity contribution in [3.8, 4) is 0 Å². The zero-order valence-electron chi connectivity index (χ0n) is 61.9. The first-order valence-electron chi connectivity index (χ1n) is 39.2. The number of phosphoric acid groups is 1. The highest BCUT2D eigenvalue weighted by Gasteiger charge is 2.58. The van der Waals surface area contributed by atoms with E-state index in [0.717, 1.165) is 109 Å². The molecule has 0 aromatic carbocycles. The van der Waals surface area contributed by atoms with Crippen LogP contribution in [0.3, 0.4) is 0 Å². The molecule has 590 valence electrons. The van der Waals surface area contributed by atoms with Crippen LogP contribution in [0.15, 0.2) is 36.5 Å². The van der Waals surface area contributed by atoms with Gasteiger partial charge in [0.25, 0.3) is 0 Å². The van der Waals surface area contributed by atoms with Gasteiger partial charge in [-0.3, -0.25) is 18.6 Å². The van der Waals surface area contributed by atoms with Crippen LogP contribution in [0.2, 0.25) is 0 Å². The molecule has 0 amide bonds. The second-order valence-electron chi connectivity index (χ2n) is 28.4. The zero-order valence-corrected chi connectivity index (χ0v) is 62.7. The lowest BCUT2D eigenvalue weighted by Crippen LogP contribution is -2.69. The fraction of sp³-hybridized carbons (Fsp3) is 0.882. The van der Waals surface area contributed by atoms with Crippen molar-refractivity contribution in [2.24, 2.45) is 5.92 Å². The maximum atomic E-state index is 14.4. The van der Waals surface area contributed by atoms with E-state index in [0.29, 0.717) is 25.2 Å². The number of phosphoric ester groups is 1. The summed E-state index contributed by atoms with van der Waals surface area (Å²) >= 11 is 0. The fourth-order valence-electron chi connectivity index (χ4n) is 12.9. The number of carbonyl (C=O) groups is 3. The summed E-state index contributed by atoms with van der Waals surface area (Å²) in [6.45, 7) is 5.64. The smallest absolute Gasteiger partial charge is 0.463 e. The van der Waals surface area contributed by atoms with E-state index in [4.69, 9.17) is 42.2 Å². The van der Waals surface area contributed by atoms with Gasteiger partial charge in [-0.1, -0.05) is 257 Å². The van der Waals surface area contributed by atoms with E-state index in [9.17, 15) is 74.9 Å². The minimum absolute atomic E-state index is 0.0196. The zero-order chi connectivity index (χ0) is 74.1. The molecule has 1 aliphatic carbocycles. The average Bonchev–Trinajstić information content (AvgIpc) is 0.762. The summed E-state index contributed by atoms with van der Waals surface area (Å²) in [6.07, 6.45) is 18.4. The third-order valence-electron chi connectivity index (χ3n) is 19.4. The maximum Gasteiger partial charge on any atom is 0.472 e. The van der Waals surface area contributed by atoms with Crippen molar-refractivity contribution < 1.29 is 117 Å². The normalized spacial score (nSPS) is 27.7. The quantitative estimate of drug-likeness (QED) is 0.00512. The van der Waals surface area contributed by atoms with E-state index < -0.39 is 156 Å². The molecule has 3 aliphatic rings. The van der Waals surface area contributed by atoms with Crippen LogP contribution in [-0.4, -0.2) is 204 Å². The van der Waals surface area contributed by atoms with Gasteiger partial charge in [-0.05, 0) is 57.3 Å². The topological polar surface area (TPSA) is 374 Å². The molecule has 2 heterocycles. The predicted molar refractivity (Wildman–Crippen MR) is 384 cm³/mol. The van der Waals surface area contributed by atoms with Crippen molar-refractivity contribution in [3.63, 3.8) is 0 Å². The van der Waals surface area contributed by atoms with E-state index in [1.165, 1.54) is 134 Å². The molecule has 0 bridgehead atoms. The van der Waals surface area contributed by atoms with E-state index in [2.05, 4.69) is 39.8 Å². The van der Waals surface area contributed by atoms with Gasteiger partial charge in [-0.15, -0.1) is 0 Å². The van der Waals surface area contributed by atoms with Gasteiger partial charge in [-0.2, -0.15) is 0 Å². The van der Waals surface area contributed by atoms with Crippen LogP contribution < -0.4 is 0 Å². The Labute approximate surface area is 604 Å². The monoisotopic (exact) mass is 1460 g/mol. The number of esters is 3. The lowest BCUT2D eigenvalue weighted by atomic mass is 9.84. The van der Waals surface area contributed by atoms with Crippen molar-refractivity contribution in [1.29, 1.82) is 0 Å². The number of rotatable bonds is 60. The van der Waals surface area contributed by atoms with Gasteiger partial charge in [0.1, 0.15) is 98.7 Å². The second-order valence-corrected chi connectivity index (χ2v) is 29.8. The summed E-state index contributed by atoms with van der Waals surface area (Å²) in [5, 5.41) is 110. The van der Waals surface area contributed by atoms with Gasteiger partial charge in [0.2, 0.25) is 0 Å². The summed E-state index contributed by atoms with van der Waals surface area (Å²) < 4.78 is 64.9. The molecule has 2 aliphatic heterocycles. The molecule has 24 nitrogen and oxygen atoms in total. The average molecular weight is 1470 g/mol. The van der Waals surface area contributed by atoms with Crippen molar-refractivity contribution in [2.75, 3.05) is 26.4 Å². The molecule has 0 aromatic heterocycles. The highest BCUT2D eigenvalue weighted by Crippen LogP contribution is 2.49. The van der Waals surface area contributed by atoms with Crippen molar-refractivity contribution in [2.45, 2.75) is 395 Å². The van der Waals surface area contributed by atoms with Crippen molar-refractivity contribution in [3.05, 3.63) is 36.5 Å². The molecule has 25 heteroatoms. The van der Waals surface area contributed by atoms with E-state index >= 15 is 0 Å². The summed E-state index contributed by atoms with van der Waals surface area (Å²) in [5.41, 5.74) is 0. The Hall–Kier alpha value is -2.82. The summed E-state index contributed by atoms with van der Waals surface area (Å²) in [6, 6.07) is 0. The largest absolute Gasteiger partial charge is 0.472 e. The molecule has 0 aromatic rings. The number of unbranched alkanes of at least 4 members (excludes halogenated alkanes) is 32. The number of hydrogen-bond donors (Lipinski definition) is 11. The van der Waals surface area contributed by atoms with Crippen LogP contribution in [0.4, 0.5) is 0 Å². The van der Waals surface area contributed by atoms with Gasteiger partial charge in [-0.25, -0.2) is 9.36 Å². The molecule has 0 radical (unpaired) electrons. The molecule has 101 heavy (non-hydrogen) atoms. The lowest BCUT2D eigenvalue weighted by Gasteiger charge is -2.49. The van der Waals surface area contributed by atoms with Gasteiger partial charge >= 0.3 is 25.7 Å². The van der Waals surface area contributed by atoms with Gasteiger partial charge in [0, 0.05) is 18.9 Å². The fourth-order valence-corrected chi connectivity index (χ4v) is 13.9. The molecule has 3 rings (SSSR count). The molecule has 19 unspecified atom stereocenters. The number of aliphatic hydroxyl groups excluding tert-OH is 10. The molecule has 2 saturated heterocycles. The third kappa shape index (κ3) is 39.6. The molecule has 3 fully saturated rings.